The van der Waals surface area contributed by atoms with Crippen LogP contribution in [0.5, 0.6) is 11.5 Å². The normalized spacial score (nSPS) is 10.2. The Morgan fingerprint density at radius 2 is 1.84 bits per heavy atom. The molecule has 1 aromatic heterocycles. The summed E-state index contributed by atoms with van der Waals surface area (Å²) in [5.41, 5.74) is 1.20. The molecule has 0 bridgehead atoms. The molecule has 25 heavy (non-hydrogen) atoms. The molecule has 2 N–H and O–H groups in total. The molecule has 0 unspecified atom stereocenters. The number of nitrogens with one attached hydrogen (secondary N) is 2. The third kappa shape index (κ3) is 4.50. The highest BCUT2D eigenvalue weighted by molar-refractivity contribution is 6.04. The number of anilines is 1. The lowest BCUT2D eigenvalue weighted by atomic mass is 10.1. The Balaban J connectivity index is 2.12. The summed E-state index contributed by atoms with van der Waals surface area (Å²) in [5.74, 6) is 0.988. The van der Waals surface area contributed by atoms with Crippen LogP contribution in [-0.4, -0.2) is 42.4 Å². The maximum atomic E-state index is 12.4. The second-order valence-electron chi connectivity index (χ2n) is 5.31. The van der Waals surface area contributed by atoms with Crippen molar-refractivity contribution in [3.05, 3.63) is 35.5 Å². The maximum absolute atomic E-state index is 12.4. The minimum atomic E-state index is -0.347. The van der Waals surface area contributed by atoms with E-state index in [1.54, 1.807) is 24.4 Å². The first-order valence-corrected chi connectivity index (χ1v) is 7.82. The zero-order chi connectivity index (χ0) is 18.4. The Labute approximate surface area is 146 Å². The lowest BCUT2D eigenvalue weighted by Crippen LogP contribution is -2.27. The minimum absolute atomic E-state index is 0.0931. The third-order valence-electron chi connectivity index (χ3n) is 3.58. The van der Waals surface area contributed by atoms with E-state index in [1.807, 2.05) is 13.8 Å². The van der Waals surface area contributed by atoms with Gasteiger partial charge in [0.1, 0.15) is 18.0 Å². The first-order chi connectivity index (χ1) is 12.0. The van der Waals surface area contributed by atoms with Crippen molar-refractivity contribution in [2.24, 2.45) is 0 Å². The predicted molar refractivity (Wildman–Crippen MR) is 93.1 cm³/mol. The molecule has 0 aliphatic heterocycles. The van der Waals surface area contributed by atoms with Crippen LogP contribution >= 0.6 is 0 Å². The number of amides is 2. The second-order valence-corrected chi connectivity index (χ2v) is 5.31. The minimum Gasteiger partial charge on any atom is -0.496 e. The van der Waals surface area contributed by atoms with E-state index < -0.39 is 0 Å². The van der Waals surface area contributed by atoms with Crippen LogP contribution < -0.4 is 20.1 Å². The van der Waals surface area contributed by atoms with Gasteiger partial charge in [0.05, 0.1) is 14.2 Å². The van der Waals surface area contributed by atoms with E-state index in [0.29, 0.717) is 29.4 Å². The number of methoxy groups -OCH3 is 2. The van der Waals surface area contributed by atoms with Gasteiger partial charge in [-0.1, -0.05) is 0 Å². The number of hydrogen-bond donors (Lipinski definition) is 2. The zero-order valence-corrected chi connectivity index (χ0v) is 14.8. The van der Waals surface area contributed by atoms with Gasteiger partial charge in [0, 0.05) is 29.9 Å². The highest BCUT2D eigenvalue weighted by Gasteiger charge is 2.15. The molecule has 0 radical (unpaired) electrons. The number of nitrogens with zero attached hydrogens (tertiary/aromatic N) is 2. The van der Waals surface area contributed by atoms with Crippen LogP contribution in [0.25, 0.3) is 0 Å². The molecule has 8 nitrogen and oxygen atoms in total. The van der Waals surface area contributed by atoms with Gasteiger partial charge in [-0.2, -0.15) is 5.10 Å². The van der Waals surface area contributed by atoms with Crippen LogP contribution in [0.4, 0.5) is 5.82 Å². The Morgan fingerprint density at radius 1 is 1.20 bits per heavy atom. The van der Waals surface area contributed by atoms with Crippen molar-refractivity contribution in [1.29, 1.82) is 0 Å². The van der Waals surface area contributed by atoms with E-state index in [0.717, 1.165) is 5.56 Å². The molecule has 0 aliphatic rings. The van der Waals surface area contributed by atoms with Crippen LogP contribution in [0.1, 0.15) is 22.8 Å². The molecule has 2 aromatic rings. The molecule has 0 saturated heterocycles. The molecule has 0 spiro atoms. The van der Waals surface area contributed by atoms with E-state index in [9.17, 15) is 9.59 Å². The summed E-state index contributed by atoms with van der Waals surface area (Å²) >= 11 is 0. The molecule has 134 valence electrons. The fraction of sp³-hybridized carbons (Fsp3) is 0.353. The lowest BCUT2D eigenvalue weighted by Gasteiger charge is -2.12. The third-order valence-corrected chi connectivity index (χ3v) is 3.58. The molecule has 0 aliphatic carbocycles. The number of likely N-dealkylation sites (N-methyl/N-ethyl adjacent to an activating group) is 1. The van der Waals surface area contributed by atoms with Crippen molar-refractivity contribution in [2.45, 2.75) is 20.4 Å². The van der Waals surface area contributed by atoms with Gasteiger partial charge < -0.3 is 20.1 Å². The summed E-state index contributed by atoms with van der Waals surface area (Å²) in [7, 11) is 3.07. The number of hydrogen-bond acceptors (Lipinski definition) is 5. The zero-order valence-electron chi connectivity index (χ0n) is 14.8. The topological polar surface area (TPSA) is 94.5 Å². The quantitative estimate of drug-likeness (QED) is 0.794. The fourth-order valence-electron chi connectivity index (χ4n) is 2.32. The summed E-state index contributed by atoms with van der Waals surface area (Å²) in [6, 6.07) is 4.90. The maximum Gasteiger partial charge on any atom is 0.257 e. The number of aromatic nitrogens is 2. The second kappa shape index (κ2) is 8.18. The van der Waals surface area contributed by atoms with Gasteiger partial charge >= 0.3 is 0 Å². The smallest absolute Gasteiger partial charge is 0.257 e. The summed E-state index contributed by atoms with van der Waals surface area (Å²) in [6.45, 7) is 4.34. The van der Waals surface area contributed by atoms with Crippen molar-refractivity contribution < 1.29 is 19.1 Å². The first-order valence-electron chi connectivity index (χ1n) is 7.82. The molecule has 0 atom stereocenters. The van der Waals surface area contributed by atoms with Crippen molar-refractivity contribution in [3.63, 3.8) is 0 Å². The van der Waals surface area contributed by atoms with Gasteiger partial charge in [-0.15, -0.1) is 0 Å². The van der Waals surface area contributed by atoms with Gasteiger partial charge in [-0.05, 0) is 26.0 Å². The first kappa shape index (κ1) is 18.3. The van der Waals surface area contributed by atoms with E-state index in [4.69, 9.17) is 9.47 Å². The Morgan fingerprint density at radius 3 is 2.40 bits per heavy atom. The van der Waals surface area contributed by atoms with E-state index in [-0.39, 0.29) is 18.4 Å². The summed E-state index contributed by atoms with van der Waals surface area (Å²) < 4.78 is 12.0. The van der Waals surface area contributed by atoms with Crippen LogP contribution in [0.3, 0.4) is 0 Å². The van der Waals surface area contributed by atoms with E-state index in [2.05, 4.69) is 15.7 Å². The van der Waals surface area contributed by atoms with E-state index in [1.165, 1.54) is 18.9 Å². The Kier molecular flexibility index (Phi) is 5.99. The predicted octanol–water partition coefficient (Wildman–Crippen LogP) is 1.60. The van der Waals surface area contributed by atoms with Gasteiger partial charge in [0.25, 0.3) is 5.91 Å². The average molecular weight is 346 g/mol. The number of ether oxygens (including phenoxy) is 2. The van der Waals surface area contributed by atoms with Gasteiger partial charge in [0.2, 0.25) is 5.91 Å². The molecular formula is C17H22N4O4. The SMILES string of the molecule is CCNC(=O)Cn1ccc(NC(=O)c2cc(OC)c(C)c(OC)c2)n1. The van der Waals surface area contributed by atoms with Crippen LogP contribution in [0.2, 0.25) is 0 Å². The molecule has 2 rings (SSSR count). The molecule has 2 amide bonds. The standard InChI is InChI=1S/C17H22N4O4/c1-5-18-16(22)10-21-7-6-15(20-21)19-17(23)12-8-13(24-3)11(2)14(9-12)25-4/h6-9H,5,10H2,1-4H3,(H,18,22)(H,19,20,23). The number of carbonyl (C=O) groups excluding carboxylic acids is 2. The van der Waals surface area contributed by atoms with Crippen molar-refractivity contribution in [3.8, 4) is 11.5 Å². The highest BCUT2D eigenvalue weighted by atomic mass is 16.5. The molecule has 8 heteroatoms. The monoisotopic (exact) mass is 346 g/mol. The fourth-order valence-corrected chi connectivity index (χ4v) is 2.32. The van der Waals surface area contributed by atoms with Crippen LogP contribution in [0, 0.1) is 6.92 Å². The summed E-state index contributed by atoms with van der Waals surface area (Å²) in [6.07, 6.45) is 1.63. The summed E-state index contributed by atoms with van der Waals surface area (Å²) in [5, 5.41) is 9.54. The lowest BCUT2D eigenvalue weighted by molar-refractivity contribution is -0.121. The number of rotatable bonds is 7. The molecule has 0 saturated carbocycles. The van der Waals surface area contributed by atoms with Crippen molar-refractivity contribution in [2.75, 3.05) is 26.1 Å². The molecule has 0 fully saturated rings. The number of benzene rings is 1. The van der Waals surface area contributed by atoms with Crippen molar-refractivity contribution in [1.82, 2.24) is 15.1 Å². The highest BCUT2D eigenvalue weighted by Crippen LogP contribution is 2.29. The van der Waals surface area contributed by atoms with Crippen LogP contribution in [-0.2, 0) is 11.3 Å². The van der Waals surface area contributed by atoms with Gasteiger partial charge in [-0.3, -0.25) is 14.3 Å². The molecule has 1 heterocycles. The molecular weight excluding hydrogens is 324 g/mol. The van der Waals surface area contributed by atoms with Crippen LogP contribution in [0.15, 0.2) is 24.4 Å². The van der Waals surface area contributed by atoms with Crippen molar-refractivity contribution >= 4 is 17.6 Å². The average Bonchev–Trinajstić information content (AvgIpc) is 3.01. The largest absolute Gasteiger partial charge is 0.496 e. The molecule has 1 aromatic carbocycles. The van der Waals surface area contributed by atoms with Gasteiger partial charge in [-0.25, -0.2) is 0 Å². The summed E-state index contributed by atoms with van der Waals surface area (Å²) in [4.78, 5) is 24.0. The Hall–Kier alpha value is -3.03. The number of carbonyl (C=O) groups is 2. The van der Waals surface area contributed by atoms with E-state index >= 15 is 0 Å². The van der Waals surface area contributed by atoms with Gasteiger partial charge in [0.15, 0.2) is 5.82 Å². The Bertz CT molecular complexity index is 745.